The minimum atomic E-state index is -3.31. The Labute approximate surface area is 102 Å². The Bertz CT molecular complexity index is 355. The first kappa shape index (κ1) is 14.4. The maximum atomic E-state index is 11.9. The van der Waals surface area contributed by atoms with Gasteiger partial charge in [0.25, 0.3) is 0 Å². The first-order valence-electron chi connectivity index (χ1n) is 5.85. The molecule has 17 heavy (non-hydrogen) atoms. The molecule has 0 bridgehead atoms. The number of hydrogen-bond donors (Lipinski definition) is 2. The lowest BCUT2D eigenvalue weighted by atomic mass is 10.0. The Kier molecular flexibility index (Phi) is 5.35. The van der Waals surface area contributed by atoms with E-state index in [4.69, 9.17) is 10.8 Å². The van der Waals surface area contributed by atoms with E-state index in [0.717, 1.165) is 12.8 Å². The molecule has 3 N–H and O–H groups in total. The van der Waals surface area contributed by atoms with Gasteiger partial charge in [0.2, 0.25) is 10.0 Å². The number of nitrogens with zero attached hydrogens (tertiary/aromatic N) is 1. The minimum absolute atomic E-state index is 0.0867. The summed E-state index contributed by atoms with van der Waals surface area (Å²) in [5.41, 5.74) is 5.55. The predicted molar refractivity (Wildman–Crippen MR) is 64.0 cm³/mol. The van der Waals surface area contributed by atoms with Crippen molar-refractivity contribution < 1.29 is 18.3 Å². The van der Waals surface area contributed by atoms with Crippen LogP contribution < -0.4 is 5.73 Å². The Balaban J connectivity index is 2.48. The van der Waals surface area contributed by atoms with Crippen molar-refractivity contribution in [2.75, 3.05) is 25.4 Å². The van der Waals surface area contributed by atoms with Gasteiger partial charge in [-0.15, -0.1) is 0 Å². The molecular formula is C10H20N2O4S. The lowest BCUT2D eigenvalue weighted by Gasteiger charge is -2.31. The Morgan fingerprint density at radius 2 is 2.18 bits per heavy atom. The van der Waals surface area contributed by atoms with E-state index < -0.39 is 16.0 Å². The minimum Gasteiger partial charge on any atom is -0.481 e. The molecule has 1 unspecified atom stereocenters. The van der Waals surface area contributed by atoms with Gasteiger partial charge in [-0.25, -0.2) is 12.7 Å². The number of piperidine rings is 1. The van der Waals surface area contributed by atoms with Gasteiger partial charge in [0.05, 0.1) is 5.75 Å². The average Bonchev–Trinajstić information content (AvgIpc) is 2.28. The van der Waals surface area contributed by atoms with E-state index in [-0.39, 0.29) is 24.5 Å². The van der Waals surface area contributed by atoms with E-state index in [9.17, 15) is 13.2 Å². The zero-order valence-electron chi connectivity index (χ0n) is 9.84. The molecular weight excluding hydrogens is 244 g/mol. The monoisotopic (exact) mass is 264 g/mol. The number of carboxylic acid groups (broad SMARTS) is 1. The third-order valence-electron chi connectivity index (χ3n) is 3.00. The van der Waals surface area contributed by atoms with Gasteiger partial charge >= 0.3 is 5.97 Å². The van der Waals surface area contributed by atoms with Crippen molar-refractivity contribution in [3.8, 4) is 0 Å². The Morgan fingerprint density at radius 3 is 2.76 bits per heavy atom. The average molecular weight is 264 g/mol. The number of rotatable bonds is 6. The molecule has 1 heterocycles. The fraction of sp³-hybridized carbons (Fsp3) is 0.900. The number of carboxylic acids is 1. The second kappa shape index (κ2) is 6.32. The Hall–Kier alpha value is -0.660. The summed E-state index contributed by atoms with van der Waals surface area (Å²) < 4.78 is 25.3. The van der Waals surface area contributed by atoms with E-state index in [2.05, 4.69) is 0 Å². The largest absolute Gasteiger partial charge is 0.481 e. The third-order valence-corrected chi connectivity index (χ3v) is 4.92. The maximum absolute atomic E-state index is 11.9. The summed E-state index contributed by atoms with van der Waals surface area (Å²) in [5, 5.41) is 8.48. The summed E-state index contributed by atoms with van der Waals surface area (Å²) in [6.45, 7) is 1.51. The normalized spacial score (nSPS) is 22.5. The summed E-state index contributed by atoms with van der Waals surface area (Å²) in [4.78, 5) is 10.3. The third kappa shape index (κ3) is 4.61. The van der Waals surface area contributed by atoms with Gasteiger partial charge < -0.3 is 10.8 Å². The zero-order chi connectivity index (χ0) is 12.9. The second-order valence-electron chi connectivity index (χ2n) is 4.42. The number of nitrogens with two attached hydrogens (primary N) is 1. The topological polar surface area (TPSA) is 101 Å². The van der Waals surface area contributed by atoms with Gasteiger partial charge in [0.1, 0.15) is 0 Å². The van der Waals surface area contributed by atoms with Gasteiger partial charge in [-0.1, -0.05) is 0 Å². The lowest BCUT2D eigenvalue weighted by Crippen LogP contribution is -2.43. The number of hydrogen-bond acceptors (Lipinski definition) is 4. The highest BCUT2D eigenvalue weighted by Gasteiger charge is 2.27. The van der Waals surface area contributed by atoms with Crippen LogP contribution in [-0.4, -0.2) is 49.2 Å². The maximum Gasteiger partial charge on any atom is 0.303 e. The van der Waals surface area contributed by atoms with Crippen LogP contribution in [0.15, 0.2) is 0 Å². The van der Waals surface area contributed by atoms with Gasteiger partial charge in [0.15, 0.2) is 0 Å². The molecule has 1 aliphatic rings. The highest BCUT2D eigenvalue weighted by molar-refractivity contribution is 7.89. The number of sulfonamides is 1. The van der Waals surface area contributed by atoms with Crippen LogP contribution >= 0.6 is 0 Å². The SMILES string of the molecule is NCC1CCCN(S(=O)(=O)CCCC(=O)O)C1. The molecule has 0 aliphatic carbocycles. The van der Waals surface area contributed by atoms with Crippen LogP contribution in [0.5, 0.6) is 0 Å². The lowest BCUT2D eigenvalue weighted by molar-refractivity contribution is -0.137. The van der Waals surface area contributed by atoms with Crippen LogP contribution in [-0.2, 0) is 14.8 Å². The highest BCUT2D eigenvalue weighted by atomic mass is 32.2. The standard InChI is InChI=1S/C10H20N2O4S/c11-7-9-3-1-5-12(8-9)17(15,16)6-2-4-10(13)14/h9H,1-8,11H2,(H,13,14). The number of carbonyl (C=O) groups is 1. The van der Waals surface area contributed by atoms with E-state index >= 15 is 0 Å². The molecule has 1 rings (SSSR count). The molecule has 1 atom stereocenters. The number of aliphatic carboxylic acids is 1. The van der Waals surface area contributed by atoms with Gasteiger partial charge in [-0.3, -0.25) is 4.79 Å². The van der Waals surface area contributed by atoms with Crippen LogP contribution in [0.4, 0.5) is 0 Å². The smallest absolute Gasteiger partial charge is 0.303 e. The molecule has 0 aromatic carbocycles. The summed E-state index contributed by atoms with van der Waals surface area (Å²) in [5.74, 6) is -0.812. The van der Waals surface area contributed by atoms with Gasteiger partial charge in [-0.2, -0.15) is 0 Å². The van der Waals surface area contributed by atoms with E-state index in [1.54, 1.807) is 0 Å². The summed E-state index contributed by atoms with van der Waals surface area (Å²) in [6, 6.07) is 0. The van der Waals surface area contributed by atoms with Crippen LogP contribution in [0.25, 0.3) is 0 Å². The molecule has 0 amide bonds. The molecule has 100 valence electrons. The van der Waals surface area contributed by atoms with Crippen LogP contribution in [0.2, 0.25) is 0 Å². The molecule has 1 saturated heterocycles. The molecule has 1 aliphatic heterocycles. The first-order chi connectivity index (χ1) is 7.95. The summed E-state index contributed by atoms with van der Waals surface area (Å²) in [6.07, 6.45) is 1.87. The van der Waals surface area contributed by atoms with Gasteiger partial charge in [-0.05, 0) is 31.7 Å². The van der Waals surface area contributed by atoms with Gasteiger partial charge in [0, 0.05) is 19.5 Å². The Morgan fingerprint density at radius 1 is 1.47 bits per heavy atom. The summed E-state index contributed by atoms with van der Waals surface area (Å²) >= 11 is 0. The fourth-order valence-corrected chi connectivity index (χ4v) is 3.62. The molecule has 1 fully saturated rings. The fourth-order valence-electron chi connectivity index (χ4n) is 2.01. The van der Waals surface area contributed by atoms with Crippen molar-refractivity contribution in [1.29, 1.82) is 0 Å². The molecule has 0 aromatic rings. The predicted octanol–water partition coefficient (Wildman–Crippen LogP) is -0.148. The first-order valence-corrected chi connectivity index (χ1v) is 7.46. The molecule has 0 spiro atoms. The molecule has 0 aromatic heterocycles. The highest BCUT2D eigenvalue weighted by Crippen LogP contribution is 2.19. The van der Waals surface area contributed by atoms with Crippen LogP contribution in [0.3, 0.4) is 0 Å². The second-order valence-corrected chi connectivity index (χ2v) is 6.50. The van der Waals surface area contributed by atoms with Crippen molar-refractivity contribution in [3.05, 3.63) is 0 Å². The quantitative estimate of drug-likeness (QED) is 0.695. The molecule has 0 saturated carbocycles. The molecule has 7 heteroatoms. The van der Waals surface area contributed by atoms with E-state index in [1.807, 2.05) is 0 Å². The molecule has 0 radical (unpaired) electrons. The van der Waals surface area contributed by atoms with E-state index in [1.165, 1.54) is 4.31 Å². The van der Waals surface area contributed by atoms with E-state index in [0.29, 0.717) is 19.6 Å². The van der Waals surface area contributed by atoms with Crippen LogP contribution in [0, 0.1) is 5.92 Å². The van der Waals surface area contributed by atoms with Crippen LogP contribution in [0.1, 0.15) is 25.7 Å². The van der Waals surface area contributed by atoms with Crippen molar-refractivity contribution in [2.45, 2.75) is 25.7 Å². The van der Waals surface area contributed by atoms with Crippen molar-refractivity contribution in [2.24, 2.45) is 11.7 Å². The van der Waals surface area contributed by atoms with Crippen molar-refractivity contribution in [1.82, 2.24) is 4.31 Å². The van der Waals surface area contributed by atoms with Crippen molar-refractivity contribution >= 4 is 16.0 Å². The van der Waals surface area contributed by atoms with Crippen molar-refractivity contribution in [3.63, 3.8) is 0 Å². The summed E-state index contributed by atoms with van der Waals surface area (Å²) in [7, 11) is -3.31. The zero-order valence-corrected chi connectivity index (χ0v) is 10.7. The molecule has 6 nitrogen and oxygen atoms in total.